The van der Waals surface area contributed by atoms with E-state index in [1.165, 1.54) is 12.3 Å². The molecule has 88 valence electrons. The van der Waals surface area contributed by atoms with Gasteiger partial charge in [0.25, 0.3) is 0 Å². The van der Waals surface area contributed by atoms with Gasteiger partial charge in [-0.25, -0.2) is 4.98 Å². The first kappa shape index (κ1) is 11.3. The first-order chi connectivity index (χ1) is 7.57. The summed E-state index contributed by atoms with van der Waals surface area (Å²) < 4.78 is 13.0. The van der Waals surface area contributed by atoms with Gasteiger partial charge in [0, 0.05) is 31.0 Å². The Morgan fingerprint density at radius 3 is 3.00 bits per heavy atom. The molecule has 1 atom stereocenters. The molecule has 1 unspecified atom stereocenters. The molecule has 0 bridgehead atoms. The van der Waals surface area contributed by atoms with E-state index in [0.717, 1.165) is 38.0 Å². The zero-order valence-electron chi connectivity index (χ0n) is 9.49. The fourth-order valence-electron chi connectivity index (χ4n) is 2.11. The van der Waals surface area contributed by atoms with Crippen molar-refractivity contribution in [3.05, 3.63) is 24.3 Å². The van der Waals surface area contributed by atoms with Gasteiger partial charge in [-0.3, -0.25) is 0 Å². The Morgan fingerprint density at radius 2 is 2.25 bits per heavy atom. The maximum Gasteiger partial charge on any atom is 0.214 e. The summed E-state index contributed by atoms with van der Waals surface area (Å²) in [5.74, 6) is -0.450. The summed E-state index contributed by atoms with van der Waals surface area (Å²) >= 11 is 0. The Hall–Kier alpha value is -1.16. The molecule has 0 aromatic carbocycles. The minimum absolute atomic E-state index is 0.450. The number of halogens is 1. The average Bonchev–Trinajstić information content (AvgIpc) is 2.39. The van der Waals surface area contributed by atoms with E-state index in [4.69, 9.17) is 0 Å². The van der Waals surface area contributed by atoms with E-state index in [0.29, 0.717) is 0 Å². The number of pyridine rings is 1. The summed E-state index contributed by atoms with van der Waals surface area (Å²) in [6.45, 7) is 3.49. The summed E-state index contributed by atoms with van der Waals surface area (Å²) in [5.41, 5.74) is 0.269. The second kappa shape index (κ2) is 4.37. The molecule has 2 heterocycles. The van der Waals surface area contributed by atoms with Crippen LogP contribution < -0.4 is 4.90 Å². The number of hydrogen-bond donors (Lipinski definition) is 1. The predicted molar refractivity (Wildman–Crippen MR) is 60.9 cm³/mol. The molecule has 0 radical (unpaired) electrons. The molecular weight excluding hydrogens is 207 g/mol. The normalized spacial score (nSPS) is 26.6. The third-order valence-electron chi connectivity index (χ3n) is 3.14. The standard InChI is InChI=1S/C12H17FN2O/c1-12(16)4-2-7-15(8-5-12)10-3-6-14-11(13)9-10/h3,6,9,16H,2,4-5,7-8H2,1H3. The van der Waals surface area contributed by atoms with Crippen LogP contribution in [0.1, 0.15) is 26.2 Å². The zero-order valence-corrected chi connectivity index (χ0v) is 9.49. The first-order valence-electron chi connectivity index (χ1n) is 5.66. The van der Waals surface area contributed by atoms with E-state index in [1.807, 2.05) is 13.0 Å². The molecule has 1 aliphatic rings. The van der Waals surface area contributed by atoms with Gasteiger partial charge in [-0.15, -0.1) is 0 Å². The summed E-state index contributed by atoms with van der Waals surface area (Å²) in [6, 6.07) is 3.25. The molecule has 1 N–H and O–H groups in total. The highest BCUT2D eigenvalue weighted by Gasteiger charge is 2.25. The number of nitrogens with zero attached hydrogens (tertiary/aromatic N) is 2. The van der Waals surface area contributed by atoms with Crippen molar-refractivity contribution >= 4 is 5.69 Å². The van der Waals surface area contributed by atoms with Gasteiger partial charge in [-0.1, -0.05) is 0 Å². The molecule has 1 aromatic rings. The minimum Gasteiger partial charge on any atom is -0.390 e. The van der Waals surface area contributed by atoms with Crippen LogP contribution in [0.2, 0.25) is 0 Å². The van der Waals surface area contributed by atoms with E-state index in [-0.39, 0.29) is 0 Å². The van der Waals surface area contributed by atoms with Crippen molar-refractivity contribution in [2.45, 2.75) is 31.8 Å². The van der Waals surface area contributed by atoms with Crippen molar-refractivity contribution in [1.29, 1.82) is 0 Å². The molecule has 0 spiro atoms. The molecule has 1 fully saturated rings. The number of aliphatic hydroxyl groups is 1. The number of hydrogen-bond acceptors (Lipinski definition) is 3. The Labute approximate surface area is 94.9 Å². The predicted octanol–water partition coefficient (Wildman–Crippen LogP) is 1.96. The SMILES string of the molecule is CC1(O)CCCN(c2ccnc(F)c2)CC1. The lowest BCUT2D eigenvalue weighted by atomic mass is 9.98. The van der Waals surface area contributed by atoms with Crippen LogP contribution in [0.3, 0.4) is 0 Å². The molecule has 3 nitrogen and oxygen atoms in total. The van der Waals surface area contributed by atoms with Gasteiger partial charge in [0.05, 0.1) is 5.60 Å². The second-order valence-electron chi connectivity index (χ2n) is 4.67. The molecule has 0 amide bonds. The first-order valence-corrected chi connectivity index (χ1v) is 5.66. The van der Waals surface area contributed by atoms with Crippen molar-refractivity contribution in [3.63, 3.8) is 0 Å². The minimum atomic E-state index is -0.583. The Kier molecular flexibility index (Phi) is 3.10. The third kappa shape index (κ3) is 2.70. The van der Waals surface area contributed by atoms with Crippen LogP contribution in [-0.2, 0) is 0 Å². The van der Waals surface area contributed by atoms with Crippen molar-refractivity contribution in [3.8, 4) is 0 Å². The topological polar surface area (TPSA) is 36.4 Å². The van der Waals surface area contributed by atoms with Crippen LogP contribution in [0.4, 0.5) is 10.1 Å². The van der Waals surface area contributed by atoms with E-state index in [1.54, 1.807) is 0 Å². The molecule has 16 heavy (non-hydrogen) atoms. The monoisotopic (exact) mass is 224 g/mol. The molecule has 0 aliphatic carbocycles. The molecule has 2 rings (SSSR count). The maximum atomic E-state index is 13.0. The highest BCUT2D eigenvalue weighted by molar-refractivity contribution is 5.45. The number of anilines is 1. The van der Waals surface area contributed by atoms with Gasteiger partial charge in [0.2, 0.25) is 5.95 Å². The molecule has 1 aliphatic heterocycles. The molecular formula is C12H17FN2O. The lowest BCUT2D eigenvalue weighted by Gasteiger charge is -2.24. The molecule has 0 saturated carbocycles. The lowest BCUT2D eigenvalue weighted by Crippen LogP contribution is -2.28. The average molecular weight is 224 g/mol. The van der Waals surface area contributed by atoms with Crippen LogP contribution >= 0.6 is 0 Å². The van der Waals surface area contributed by atoms with Crippen LogP contribution in [0.15, 0.2) is 18.3 Å². The van der Waals surface area contributed by atoms with Crippen LogP contribution in [0.25, 0.3) is 0 Å². The van der Waals surface area contributed by atoms with Crippen LogP contribution in [-0.4, -0.2) is 28.8 Å². The number of rotatable bonds is 1. The van der Waals surface area contributed by atoms with Crippen molar-refractivity contribution in [1.82, 2.24) is 4.98 Å². The van der Waals surface area contributed by atoms with Gasteiger partial charge in [-0.2, -0.15) is 4.39 Å². The lowest BCUT2D eigenvalue weighted by molar-refractivity contribution is 0.0481. The fraction of sp³-hybridized carbons (Fsp3) is 0.583. The highest BCUT2D eigenvalue weighted by Crippen LogP contribution is 2.25. The maximum absolute atomic E-state index is 13.0. The summed E-state index contributed by atoms with van der Waals surface area (Å²) in [6.07, 6.45) is 3.93. The summed E-state index contributed by atoms with van der Waals surface area (Å²) in [5, 5.41) is 9.96. The molecule has 1 aromatic heterocycles. The van der Waals surface area contributed by atoms with Gasteiger partial charge >= 0.3 is 0 Å². The second-order valence-corrected chi connectivity index (χ2v) is 4.67. The number of aromatic nitrogens is 1. The van der Waals surface area contributed by atoms with E-state index in [9.17, 15) is 9.50 Å². The quantitative estimate of drug-likeness (QED) is 0.741. The van der Waals surface area contributed by atoms with Crippen LogP contribution in [0.5, 0.6) is 0 Å². The van der Waals surface area contributed by atoms with E-state index < -0.39 is 11.5 Å². The van der Waals surface area contributed by atoms with Crippen molar-refractivity contribution in [2.75, 3.05) is 18.0 Å². The molecule has 1 saturated heterocycles. The Balaban J connectivity index is 2.11. The van der Waals surface area contributed by atoms with Crippen LogP contribution in [0, 0.1) is 5.95 Å². The van der Waals surface area contributed by atoms with Crippen molar-refractivity contribution in [2.24, 2.45) is 0 Å². The largest absolute Gasteiger partial charge is 0.390 e. The third-order valence-corrected chi connectivity index (χ3v) is 3.14. The van der Waals surface area contributed by atoms with Crippen molar-refractivity contribution < 1.29 is 9.50 Å². The van der Waals surface area contributed by atoms with Gasteiger partial charge in [0.15, 0.2) is 0 Å². The summed E-state index contributed by atoms with van der Waals surface area (Å²) in [4.78, 5) is 5.65. The van der Waals surface area contributed by atoms with Gasteiger partial charge < -0.3 is 10.0 Å². The highest BCUT2D eigenvalue weighted by atomic mass is 19.1. The smallest absolute Gasteiger partial charge is 0.214 e. The fourth-order valence-corrected chi connectivity index (χ4v) is 2.11. The van der Waals surface area contributed by atoms with E-state index in [2.05, 4.69) is 9.88 Å². The molecule has 4 heteroatoms. The van der Waals surface area contributed by atoms with E-state index >= 15 is 0 Å². The Morgan fingerprint density at radius 1 is 1.44 bits per heavy atom. The van der Waals surface area contributed by atoms with Gasteiger partial charge in [-0.05, 0) is 32.3 Å². The zero-order chi connectivity index (χ0) is 11.6. The Bertz CT molecular complexity index is 368. The summed E-state index contributed by atoms with van der Waals surface area (Å²) in [7, 11) is 0. The van der Waals surface area contributed by atoms with Gasteiger partial charge in [0.1, 0.15) is 0 Å².